The van der Waals surface area contributed by atoms with Gasteiger partial charge in [-0.2, -0.15) is 0 Å². The van der Waals surface area contributed by atoms with Crippen LogP contribution in [0.2, 0.25) is 5.15 Å². The summed E-state index contributed by atoms with van der Waals surface area (Å²) in [6.45, 7) is 7.84. The molecule has 11 heteroatoms. The van der Waals surface area contributed by atoms with Crippen LogP contribution in [0.25, 0.3) is 0 Å². The summed E-state index contributed by atoms with van der Waals surface area (Å²) in [6.07, 6.45) is 2.33. The Labute approximate surface area is 184 Å². The minimum Gasteiger partial charge on any atom is -0.477 e. The smallest absolute Gasteiger partial charge is 0.347 e. The number of anilines is 1. The maximum Gasteiger partial charge on any atom is 0.347 e. The van der Waals surface area contributed by atoms with E-state index < -0.39 is 5.97 Å². The Morgan fingerprint density at radius 1 is 1.33 bits per heavy atom. The van der Waals surface area contributed by atoms with Gasteiger partial charge in [0.2, 0.25) is 0 Å². The molecule has 0 aliphatic carbocycles. The molecule has 0 aromatic carbocycles. The molecular weight excluding hydrogens is 428 g/mol. The molecule has 2 aromatic rings. The number of aromatic amines is 1. The van der Waals surface area contributed by atoms with E-state index >= 15 is 0 Å². The van der Waals surface area contributed by atoms with Gasteiger partial charge in [0.1, 0.15) is 4.88 Å². The van der Waals surface area contributed by atoms with E-state index in [-0.39, 0.29) is 28.7 Å². The van der Waals surface area contributed by atoms with Crippen molar-refractivity contribution in [1.82, 2.24) is 25.6 Å². The maximum atomic E-state index is 12.7. The van der Waals surface area contributed by atoms with E-state index in [1.807, 2.05) is 6.92 Å². The summed E-state index contributed by atoms with van der Waals surface area (Å²) in [5.41, 5.74) is 1.27. The van der Waals surface area contributed by atoms with Crippen molar-refractivity contribution in [2.24, 2.45) is 0 Å². The van der Waals surface area contributed by atoms with Crippen molar-refractivity contribution in [3.05, 3.63) is 27.2 Å². The zero-order valence-corrected chi connectivity index (χ0v) is 18.9. The zero-order valence-electron chi connectivity index (χ0n) is 17.3. The summed E-state index contributed by atoms with van der Waals surface area (Å²) in [5, 5.41) is 16.9. The van der Waals surface area contributed by atoms with E-state index in [4.69, 9.17) is 11.6 Å². The number of rotatable bonds is 8. The Morgan fingerprint density at radius 2 is 2.10 bits per heavy atom. The number of imidazole rings is 1. The second kappa shape index (κ2) is 9.76. The predicted molar refractivity (Wildman–Crippen MR) is 117 cm³/mol. The first kappa shape index (κ1) is 22.5. The standard InChI is InChI=1S/C19H27ClN6O3S/c1-4-7-21-13-9-26(19-22-10(3)14(30-19)18(28)29)8-6-12(13)24-17(27)16-23-11(5-2)15(20)25-16/h12-13,21H,4-9H2,1-3H3,(H,23,25)(H,24,27)(H,28,29)/t12-,13+/m0/s1. The number of thiazole rings is 1. The van der Waals surface area contributed by atoms with Crippen LogP contribution >= 0.6 is 22.9 Å². The lowest BCUT2D eigenvalue weighted by Gasteiger charge is -2.39. The Kier molecular flexibility index (Phi) is 7.32. The summed E-state index contributed by atoms with van der Waals surface area (Å²) >= 11 is 7.25. The number of carbonyl (C=O) groups is 2. The molecule has 1 amide bonds. The van der Waals surface area contributed by atoms with Crippen molar-refractivity contribution >= 4 is 39.9 Å². The van der Waals surface area contributed by atoms with Gasteiger partial charge >= 0.3 is 5.97 Å². The second-order valence-electron chi connectivity index (χ2n) is 7.30. The molecule has 3 heterocycles. The van der Waals surface area contributed by atoms with Crippen LogP contribution in [-0.4, -0.2) is 63.7 Å². The molecule has 30 heavy (non-hydrogen) atoms. The number of carbonyl (C=O) groups excluding carboxylic acids is 1. The zero-order chi connectivity index (χ0) is 21.8. The Bertz CT molecular complexity index is 914. The number of carboxylic acids is 1. The van der Waals surface area contributed by atoms with Crippen molar-refractivity contribution in [2.75, 3.05) is 24.5 Å². The molecule has 164 valence electrons. The van der Waals surface area contributed by atoms with Crippen LogP contribution in [0.1, 0.15) is 58.4 Å². The molecule has 1 fully saturated rings. The predicted octanol–water partition coefficient (Wildman–Crippen LogP) is 2.47. The number of nitrogens with one attached hydrogen (secondary N) is 3. The number of aromatic carboxylic acids is 1. The number of H-pyrrole nitrogens is 1. The Morgan fingerprint density at radius 3 is 2.70 bits per heavy atom. The first-order chi connectivity index (χ1) is 14.3. The maximum absolute atomic E-state index is 12.7. The van der Waals surface area contributed by atoms with Gasteiger partial charge in [0.15, 0.2) is 16.1 Å². The Balaban J connectivity index is 1.72. The quantitative estimate of drug-likeness (QED) is 0.483. The lowest BCUT2D eigenvalue weighted by molar-refractivity contribution is 0.0700. The van der Waals surface area contributed by atoms with E-state index in [0.29, 0.717) is 41.9 Å². The largest absolute Gasteiger partial charge is 0.477 e. The molecule has 1 aliphatic rings. The first-order valence-electron chi connectivity index (χ1n) is 10.1. The highest BCUT2D eigenvalue weighted by molar-refractivity contribution is 7.17. The van der Waals surface area contributed by atoms with Crippen molar-refractivity contribution in [2.45, 2.75) is 52.1 Å². The minimum atomic E-state index is -0.956. The SMILES string of the molecule is CCCN[C@@H]1CN(c2nc(C)c(C(=O)O)s2)CC[C@@H]1NC(=O)c1nc(Cl)c(CC)[nH]1. The summed E-state index contributed by atoms with van der Waals surface area (Å²) in [4.78, 5) is 38.0. The lowest BCUT2D eigenvalue weighted by atomic mass is 9.99. The Hall–Kier alpha value is -2.17. The minimum absolute atomic E-state index is 0.00351. The van der Waals surface area contributed by atoms with Crippen LogP contribution in [0.3, 0.4) is 0 Å². The van der Waals surface area contributed by atoms with Gasteiger partial charge in [0, 0.05) is 25.2 Å². The fourth-order valence-corrected chi connectivity index (χ4v) is 4.72. The van der Waals surface area contributed by atoms with E-state index in [0.717, 1.165) is 18.7 Å². The van der Waals surface area contributed by atoms with E-state index in [1.165, 1.54) is 11.3 Å². The first-order valence-corrected chi connectivity index (χ1v) is 11.3. The number of nitrogens with zero attached hydrogens (tertiary/aromatic N) is 3. The van der Waals surface area contributed by atoms with E-state index in [1.54, 1.807) is 6.92 Å². The van der Waals surface area contributed by atoms with Crippen LogP contribution in [0.5, 0.6) is 0 Å². The topological polar surface area (TPSA) is 123 Å². The number of halogens is 1. The molecule has 4 N–H and O–H groups in total. The monoisotopic (exact) mass is 454 g/mol. The fourth-order valence-electron chi connectivity index (χ4n) is 3.52. The molecule has 0 radical (unpaired) electrons. The van der Waals surface area contributed by atoms with E-state index in [9.17, 15) is 14.7 Å². The summed E-state index contributed by atoms with van der Waals surface area (Å²) in [6, 6.07) is -0.0922. The highest BCUT2D eigenvalue weighted by Gasteiger charge is 2.32. The molecule has 3 rings (SSSR count). The van der Waals surface area contributed by atoms with Crippen molar-refractivity contribution in [3.63, 3.8) is 0 Å². The van der Waals surface area contributed by atoms with Gasteiger partial charge in [-0.1, -0.05) is 36.8 Å². The molecule has 0 spiro atoms. The molecule has 2 aromatic heterocycles. The molecule has 1 saturated heterocycles. The lowest BCUT2D eigenvalue weighted by Crippen LogP contribution is -2.59. The molecule has 9 nitrogen and oxygen atoms in total. The third-order valence-corrected chi connectivity index (χ3v) is 6.65. The fraction of sp³-hybridized carbons (Fsp3) is 0.579. The molecule has 0 bridgehead atoms. The van der Waals surface area contributed by atoms with Gasteiger partial charge in [-0.05, 0) is 32.7 Å². The van der Waals surface area contributed by atoms with E-state index in [2.05, 4.69) is 37.4 Å². The van der Waals surface area contributed by atoms with Gasteiger partial charge in [0.25, 0.3) is 5.91 Å². The number of aromatic nitrogens is 3. The third-order valence-electron chi connectivity index (χ3n) is 5.13. The summed E-state index contributed by atoms with van der Waals surface area (Å²) in [5.74, 6) is -1.02. The summed E-state index contributed by atoms with van der Waals surface area (Å²) in [7, 11) is 0. The average Bonchev–Trinajstić information content (AvgIpc) is 3.29. The molecule has 1 aliphatic heterocycles. The number of aryl methyl sites for hydroxylation is 2. The van der Waals surface area contributed by atoms with Crippen molar-refractivity contribution in [3.8, 4) is 0 Å². The van der Waals surface area contributed by atoms with Gasteiger partial charge in [0.05, 0.1) is 11.4 Å². The average molecular weight is 455 g/mol. The molecule has 2 atom stereocenters. The van der Waals surface area contributed by atoms with Crippen molar-refractivity contribution < 1.29 is 14.7 Å². The van der Waals surface area contributed by atoms with Crippen LogP contribution < -0.4 is 15.5 Å². The number of hydrogen-bond donors (Lipinski definition) is 4. The summed E-state index contributed by atoms with van der Waals surface area (Å²) < 4.78 is 0. The van der Waals surface area contributed by atoms with Crippen LogP contribution in [0.15, 0.2) is 0 Å². The third kappa shape index (κ3) is 4.93. The molecule has 0 unspecified atom stereocenters. The highest BCUT2D eigenvalue weighted by Crippen LogP contribution is 2.28. The van der Waals surface area contributed by atoms with Crippen LogP contribution in [0.4, 0.5) is 5.13 Å². The van der Waals surface area contributed by atoms with Crippen LogP contribution in [0, 0.1) is 6.92 Å². The normalized spacial score (nSPS) is 19.1. The number of hydrogen-bond acceptors (Lipinski definition) is 7. The van der Waals surface area contributed by atoms with Gasteiger partial charge in [-0.15, -0.1) is 0 Å². The molecular formula is C19H27ClN6O3S. The highest BCUT2D eigenvalue weighted by atomic mass is 35.5. The number of carboxylic acid groups (broad SMARTS) is 1. The number of piperidine rings is 1. The van der Waals surface area contributed by atoms with Crippen molar-refractivity contribution in [1.29, 1.82) is 0 Å². The van der Waals surface area contributed by atoms with Gasteiger partial charge in [-0.25, -0.2) is 14.8 Å². The number of amides is 1. The van der Waals surface area contributed by atoms with Gasteiger partial charge in [-0.3, -0.25) is 4.79 Å². The van der Waals surface area contributed by atoms with Gasteiger partial charge < -0.3 is 25.6 Å². The second-order valence-corrected chi connectivity index (χ2v) is 8.64. The molecule has 0 saturated carbocycles. The van der Waals surface area contributed by atoms with Crippen LogP contribution in [-0.2, 0) is 6.42 Å².